The average Bonchev–Trinajstić information content (AvgIpc) is 2.33. The molecule has 1 aromatic heterocycles. The summed E-state index contributed by atoms with van der Waals surface area (Å²) in [4.78, 5) is 10.8. The van der Waals surface area contributed by atoms with Gasteiger partial charge in [0.1, 0.15) is 17.5 Å². The second-order valence-corrected chi connectivity index (χ2v) is 4.55. The van der Waals surface area contributed by atoms with Gasteiger partial charge in [0, 0.05) is 25.1 Å². The molecule has 0 saturated carbocycles. The first-order valence-electron chi connectivity index (χ1n) is 6.24. The molecule has 98 valence electrons. The van der Waals surface area contributed by atoms with Crippen molar-refractivity contribution in [1.29, 1.82) is 5.26 Å². The molecule has 1 atom stereocenters. The van der Waals surface area contributed by atoms with Gasteiger partial charge >= 0.3 is 0 Å². The fourth-order valence-corrected chi connectivity index (χ4v) is 1.73. The minimum atomic E-state index is 0.109. The summed E-state index contributed by atoms with van der Waals surface area (Å²) in [5, 5.41) is 8.76. The van der Waals surface area contributed by atoms with E-state index in [9.17, 15) is 0 Å². The van der Waals surface area contributed by atoms with E-state index >= 15 is 0 Å². The normalized spacial score (nSPS) is 11.9. The Labute approximate surface area is 109 Å². The van der Waals surface area contributed by atoms with Crippen molar-refractivity contribution in [3.05, 3.63) is 11.4 Å². The van der Waals surface area contributed by atoms with Crippen LogP contribution in [-0.2, 0) is 6.42 Å². The molecule has 0 amide bonds. The Balaban J connectivity index is 3.10. The minimum Gasteiger partial charge on any atom is -0.383 e. The van der Waals surface area contributed by atoms with Crippen molar-refractivity contribution in [2.75, 3.05) is 17.7 Å². The van der Waals surface area contributed by atoms with Crippen molar-refractivity contribution in [3.8, 4) is 6.07 Å². The maximum Gasteiger partial charge on any atom is 0.137 e. The fourth-order valence-electron chi connectivity index (χ4n) is 1.73. The molecule has 5 heteroatoms. The molecule has 2 N–H and O–H groups in total. The molecule has 5 nitrogen and oxygen atoms in total. The van der Waals surface area contributed by atoms with Gasteiger partial charge in [-0.25, -0.2) is 9.97 Å². The van der Waals surface area contributed by atoms with Gasteiger partial charge in [0.25, 0.3) is 0 Å². The zero-order valence-electron chi connectivity index (χ0n) is 11.6. The summed E-state index contributed by atoms with van der Waals surface area (Å²) < 4.78 is 0. The van der Waals surface area contributed by atoms with E-state index in [0.717, 1.165) is 30.0 Å². The van der Waals surface area contributed by atoms with Gasteiger partial charge in [-0.3, -0.25) is 0 Å². The maximum absolute atomic E-state index is 8.76. The van der Waals surface area contributed by atoms with Gasteiger partial charge in [0.15, 0.2) is 0 Å². The van der Waals surface area contributed by atoms with Gasteiger partial charge < -0.3 is 10.6 Å². The molecule has 1 heterocycles. The van der Waals surface area contributed by atoms with Gasteiger partial charge in [0.05, 0.1) is 12.5 Å². The van der Waals surface area contributed by atoms with Crippen LogP contribution in [0.2, 0.25) is 0 Å². The molecular formula is C13H21N5. The second kappa shape index (κ2) is 6.20. The van der Waals surface area contributed by atoms with Crippen molar-refractivity contribution in [3.63, 3.8) is 0 Å². The summed E-state index contributed by atoms with van der Waals surface area (Å²) in [5.41, 5.74) is 6.80. The van der Waals surface area contributed by atoms with E-state index in [1.165, 1.54) is 0 Å². The largest absolute Gasteiger partial charge is 0.383 e. The van der Waals surface area contributed by atoms with Crippen molar-refractivity contribution < 1.29 is 0 Å². The van der Waals surface area contributed by atoms with Crippen molar-refractivity contribution in [2.24, 2.45) is 0 Å². The Morgan fingerprint density at radius 3 is 2.67 bits per heavy atom. The zero-order valence-corrected chi connectivity index (χ0v) is 11.6. The van der Waals surface area contributed by atoms with E-state index in [1.807, 2.05) is 25.8 Å². The lowest BCUT2D eigenvalue weighted by Gasteiger charge is -2.26. The van der Waals surface area contributed by atoms with Gasteiger partial charge in [-0.05, 0) is 20.3 Å². The van der Waals surface area contributed by atoms with Crippen LogP contribution in [-0.4, -0.2) is 23.1 Å². The van der Waals surface area contributed by atoms with E-state index in [-0.39, 0.29) is 6.04 Å². The predicted molar refractivity (Wildman–Crippen MR) is 73.3 cm³/mol. The molecule has 1 aromatic rings. The number of aryl methyl sites for hydroxylation is 1. The molecule has 0 aliphatic rings. The number of hydrogen-bond acceptors (Lipinski definition) is 5. The highest BCUT2D eigenvalue weighted by Crippen LogP contribution is 2.23. The highest BCUT2D eigenvalue weighted by molar-refractivity contribution is 5.56. The Kier molecular flexibility index (Phi) is 4.90. The number of nitriles is 1. The highest BCUT2D eigenvalue weighted by Gasteiger charge is 2.16. The third kappa shape index (κ3) is 3.10. The van der Waals surface area contributed by atoms with Crippen LogP contribution in [0.4, 0.5) is 11.6 Å². The predicted octanol–water partition coefficient (Wildman–Crippen LogP) is 2.06. The topological polar surface area (TPSA) is 78.8 Å². The van der Waals surface area contributed by atoms with Crippen LogP contribution in [0.15, 0.2) is 0 Å². The number of rotatable bonds is 5. The van der Waals surface area contributed by atoms with E-state index in [1.54, 1.807) is 0 Å². The molecular weight excluding hydrogens is 226 g/mol. The quantitative estimate of drug-likeness (QED) is 0.861. The van der Waals surface area contributed by atoms with Crippen LogP contribution < -0.4 is 10.6 Å². The molecule has 0 spiro atoms. The molecule has 0 fully saturated rings. The smallest absolute Gasteiger partial charge is 0.137 e. The Morgan fingerprint density at radius 1 is 1.44 bits per heavy atom. The van der Waals surface area contributed by atoms with Crippen LogP contribution in [0.3, 0.4) is 0 Å². The van der Waals surface area contributed by atoms with E-state index in [4.69, 9.17) is 11.0 Å². The molecule has 0 aliphatic carbocycles. The third-order valence-electron chi connectivity index (χ3n) is 3.06. The number of nitrogens with two attached hydrogens (primary N) is 1. The standard InChI is InChI=1S/C13H21N5/c1-5-6-11-16-12(15)10(3)13(17-11)18(4)9(2)7-8-14/h9H,5-7H2,1-4H3,(H2,15,16,17). The number of hydrogen-bond donors (Lipinski definition) is 1. The van der Waals surface area contributed by atoms with Crippen LogP contribution in [0.5, 0.6) is 0 Å². The van der Waals surface area contributed by atoms with E-state index < -0.39 is 0 Å². The molecule has 18 heavy (non-hydrogen) atoms. The monoisotopic (exact) mass is 247 g/mol. The summed E-state index contributed by atoms with van der Waals surface area (Å²) in [7, 11) is 1.94. The van der Waals surface area contributed by atoms with Crippen molar-refractivity contribution >= 4 is 11.6 Å². The Bertz CT molecular complexity index is 449. The minimum absolute atomic E-state index is 0.109. The molecule has 0 saturated heterocycles. The molecule has 0 radical (unpaired) electrons. The van der Waals surface area contributed by atoms with Gasteiger partial charge in [0.2, 0.25) is 0 Å². The first-order valence-corrected chi connectivity index (χ1v) is 6.24. The lowest BCUT2D eigenvalue weighted by atomic mass is 10.2. The van der Waals surface area contributed by atoms with E-state index in [0.29, 0.717) is 12.2 Å². The lowest BCUT2D eigenvalue weighted by molar-refractivity contribution is 0.685. The summed E-state index contributed by atoms with van der Waals surface area (Å²) in [5.74, 6) is 2.12. The van der Waals surface area contributed by atoms with Crippen LogP contribution in [0.1, 0.15) is 38.1 Å². The van der Waals surface area contributed by atoms with Crippen LogP contribution in [0, 0.1) is 18.3 Å². The fraction of sp³-hybridized carbons (Fsp3) is 0.615. The third-order valence-corrected chi connectivity index (χ3v) is 3.06. The summed E-state index contributed by atoms with van der Waals surface area (Å²) in [6.07, 6.45) is 2.26. The first kappa shape index (κ1) is 14.2. The van der Waals surface area contributed by atoms with Crippen molar-refractivity contribution in [1.82, 2.24) is 9.97 Å². The van der Waals surface area contributed by atoms with Gasteiger partial charge in [-0.2, -0.15) is 5.26 Å². The number of anilines is 2. The lowest BCUT2D eigenvalue weighted by Crippen LogP contribution is -2.30. The summed E-state index contributed by atoms with van der Waals surface area (Å²) in [6, 6.07) is 2.28. The highest BCUT2D eigenvalue weighted by atomic mass is 15.2. The molecule has 0 bridgehead atoms. The Morgan fingerprint density at radius 2 is 2.11 bits per heavy atom. The Hall–Kier alpha value is -1.83. The first-order chi connectivity index (χ1) is 8.51. The number of nitrogens with zero attached hydrogens (tertiary/aromatic N) is 4. The van der Waals surface area contributed by atoms with Crippen molar-refractivity contribution in [2.45, 2.75) is 46.1 Å². The zero-order chi connectivity index (χ0) is 13.7. The van der Waals surface area contributed by atoms with Crippen LogP contribution in [0.25, 0.3) is 0 Å². The average molecular weight is 247 g/mol. The van der Waals surface area contributed by atoms with E-state index in [2.05, 4.69) is 23.0 Å². The number of aromatic nitrogens is 2. The summed E-state index contributed by atoms with van der Waals surface area (Å²) in [6.45, 7) is 6.00. The molecule has 1 rings (SSSR count). The molecule has 0 aliphatic heterocycles. The van der Waals surface area contributed by atoms with Gasteiger partial charge in [-0.1, -0.05) is 6.92 Å². The van der Waals surface area contributed by atoms with Gasteiger partial charge in [-0.15, -0.1) is 0 Å². The van der Waals surface area contributed by atoms with Crippen LogP contribution >= 0.6 is 0 Å². The maximum atomic E-state index is 8.76. The SMILES string of the molecule is CCCc1nc(N)c(C)c(N(C)C(C)CC#N)n1. The summed E-state index contributed by atoms with van der Waals surface area (Å²) >= 11 is 0. The molecule has 1 unspecified atom stereocenters. The molecule has 0 aromatic carbocycles. The number of nitrogen functional groups attached to an aromatic ring is 1. The second-order valence-electron chi connectivity index (χ2n) is 4.55.